The van der Waals surface area contributed by atoms with Crippen LogP contribution < -0.4 is 9.64 Å². The summed E-state index contributed by atoms with van der Waals surface area (Å²) in [4.78, 5) is 28.2. The fourth-order valence-corrected chi connectivity index (χ4v) is 3.67. The minimum atomic E-state index is -0.547. The average molecular weight is 346 g/mol. The number of hydrogen-bond donors (Lipinski definition) is 0. The van der Waals surface area contributed by atoms with E-state index in [0.29, 0.717) is 56.1 Å². The Morgan fingerprint density at radius 2 is 1.88 bits per heavy atom. The first kappa shape index (κ1) is 16.4. The molecule has 1 unspecified atom stereocenters. The molecule has 1 aromatic rings. The van der Waals surface area contributed by atoms with Gasteiger partial charge in [-0.3, -0.25) is 9.59 Å². The van der Waals surface area contributed by atoms with Crippen molar-refractivity contribution in [3.8, 4) is 5.75 Å². The summed E-state index contributed by atoms with van der Waals surface area (Å²) in [5.74, 6) is -0.0545. The topological polar surface area (TPSA) is 68.3 Å². The zero-order chi connectivity index (χ0) is 17.6. The van der Waals surface area contributed by atoms with Crippen LogP contribution in [0.3, 0.4) is 0 Å². The lowest BCUT2D eigenvalue weighted by Crippen LogP contribution is -2.47. The van der Waals surface area contributed by atoms with Gasteiger partial charge < -0.3 is 24.0 Å². The molecule has 1 aromatic carbocycles. The number of amides is 2. The molecular formula is C18H22N2O5. The maximum Gasteiger partial charge on any atom is 0.267 e. The van der Waals surface area contributed by atoms with Crippen molar-refractivity contribution < 1.29 is 23.8 Å². The fraction of sp³-hybridized carbons (Fsp3) is 0.556. The molecule has 134 valence electrons. The third-order valence-electron chi connectivity index (χ3n) is 5.18. The third kappa shape index (κ3) is 2.77. The molecule has 0 saturated carbocycles. The molecule has 7 heteroatoms. The highest BCUT2D eigenvalue weighted by Crippen LogP contribution is 2.35. The van der Waals surface area contributed by atoms with E-state index in [0.717, 1.165) is 0 Å². The van der Waals surface area contributed by atoms with Gasteiger partial charge in [0.25, 0.3) is 11.8 Å². The molecule has 1 spiro atoms. The van der Waals surface area contributed by atoms with Gasteiger partial charge in [-0.2, -0.15) is 0 Å². The van der Waals surface area contributed by atoms with Crippen molar-refractivity contribution in [1.29, 1.82) is 0 Å². The molecule has 2 amide bonds. The molecule has 7 nitrogen and oxygen atoms in total. The van der Waals surface area contributed by atoms with Gasteiger partial charge in [0.1, 0.15) is 5.75 Å². The smallest absolute Gasteiger partial charge is 0.267 e. The minimum absolute atomic E-state index is 0.0357. The summed E-state index contributed by atoms with van der Waals surface area (Å²) >= 11 is 0. The number of likely N-dealkylation sites (tertiary alicyclic amines) is 1. The van der Waals surface area contributed by atoms with E-state index in [1.54, 1.807) is 37.1 Å². The largest absolute Gasteiger partial charge is 0.479 e. The highest BCUT2D eigenvalue weighted by molar-refractivity contribution is 6.01. The number of hydrogen-bond acceptors (Lipinski definition) is 5. The summed E-state index contributed by atoms with van der Waals surface area (Å²) in [6.45, 7) is 4.17. The molecule has 3 aliphatic rings. The van der Waals surface area contributed by atoms with E-state index in [4.69, 9.17) is 14.2 Å². The van der Waals surface area contributed by atoms with E-state index in [2.05, 4.69) is 0 Å². The molecule has 2 fully saturated rings. The maximum absolute atomic E-state index is 12.8. The van der Waals surface area contributed by atoms with Gasteiger partial charge in [0.2, 0.25) is 0 Å². The Morgan fingerprint density at radius 1 is 1.20 bits per heavy atom. The molecule has 3 aliphatic heterocycles. The van der Waals surface area contributed by atoms with E-state index in [1.165, 1.54) is 0 Å². The Morgan fingerprint density at radius 3 is 2.56 bits per heavy atom. The van der Waals surface area contributed by atoms with Gasteiger partial charge in [-0.15, -0.1) is 0 Å². The number of fused-ring (bicyclic) bond motifs is 1. The summed E-state index contributed by atoms with van der Waals surface area (Å²) in [6.07, 6.45) is 0.831. The van der Waals surface area contributed by atoms with Gasteiger partial charge >= 0.3 is 0 Å². The summed E-state index contributed by atoms with van der Waals surface area (Å²) < 4.78 is 17.1. The number of carbonyl (C=O) groups excluding carboxylic acids is 2. The minimum Gasteiger partial charge on any atom is -0.479 e. The first-order valence-corrected chi connectivity index (χ1v) is 8.65. The fourth-order valence-electron chi connectivity index (χ4n) is 3.67. The normalized spacial score (nSPS) is 25.0. The van der Waals surface area contributed by atoms with Crippen LogP contribution in [0.15, 0.2) is 18.2 Å². The van der Waals surface area contributed by atoms with Crippen molar-refractivity contribution in [2.24, 2.45) is 0 Å². The van der Waals surface area contributed by atoms with Gasteiger partial charge in [0.15, 0.2) is 11.9 Å². The van der Waals surface area contributed by atoms with Crippen molar-refractivity contribution >= 4 is 17.5 Å². The molecule has 0 bridgehead atoms. The number of carbonyl (C=O) groups is 2. The maximum atomic E-state index is 12.8. The van der Waals surface area contributed by atoms with Crippen LogP contribution >= 0.6 is 0 Å². The van der Waals surface area contributed by atoms with E-state index in [-0.39, 0.29) is 11.8 Å². The van der Waals surface area contributed by atoms with E-state index in [9.17, 15) is 9.59 Å². The van der Waals surface area contributed by atoms with Gasteiger partial charge in [-0.05, 0) is 25.1 Å². The van der Waals surface area contributed by atoms with Crippen molar-refractivity contribution in [2.45, 2.75) is 31.7 Å². The number of benzene rings is 1. The van der Waals surface area contributed by atoms with E-state index < -0.39 is 11.9 Å². The first-order chi connectivity index (χ1) is 12.0. The molecule has 0 radical (unpaired) electrons. The zero-order valence-electron chi connectivity index (χ0n) is 14.5. The van der Waals surface area contributed by atoms with Gasteiger partial charge in [0, 0.05) is 38.5 Å². The van der Waals surface area contributed by atoms with E-state index >= 15 is 0 Å². The Labute approximate surface area is 146 Å². The first-order valence-electron chi connectivity index (χ1n) is 8.65. The summed E-state index contributed by atoms with van der Waals surface area (Å²) in [5, 5.41) is 0. The van der Waals surface area contributed by atoms with Crippen molar-refractivity contribution in [2.75, 3.05) is 38.3 Å². The Kier molecular flexibility index (Phi) is 3.92. The third-order valence-corrected chi connectivity index (χ3v) is 5.18. The van der Waals surface area contributed by atoms with Crippen LogP contribution in [-0.4, -0.2) is 62.0 Å². The van der Waals surface area contributed by atoms with Crippen molar-refractivity contribution in [3.63, 3.8) is 0 Å². The van der Waals surface area contributed by atoms with Crippen LogP contribution in [-0.2, 0) is 14.3 Å². The monoisotopic (exact) mass is 346 g/mol. The second kappa shape index (κ2) is 6.00. The van der Waals surface area contributed by atoms with Crippen molar-refractivity contribution in [1.82, 2.24) is 4.90 Å². The number of anilines is 1. The molecule has 4 rings (SSSR count). The summed E-state index contributed by atoms with van der Waals surface area (Å²) in [5.41, 5.74) is 1.25. The standard InChI is InChI=1S/C18H22N2O5/c1-12-16(21)19(2)14-4-3-13(11-15(14)25-12)17(22)20-7-5-18(6-8-20)23-9-10-24-18/h3-4,11-12H,5-10H2,1-2H3. The lowest BCUT2D eigenvalue weighted by atomic mass is 10.0. The number of piperidine rings is 1. The van der Waals surface area contributed by atoms with Crippen LogP contribution in [0.25, 0.3) is 0 Å². The second-order valence-electron chi connectivity index (χ2n) is 6.74. The average Bonchev–Trinajstić information content (AvgIpc) is 3.07. The summed E-state index contributed by atoms with van der Waals surface area (Å²) in [7, 11) is 1.72. The molecule has 1 atom stereocenters. The molecule has 3 heterocycles. The molecule has 0 N–H and O–H groups in total. The second-order valence-corrected chi connectivity index (χ2v) is 6.74. The van der Waals surface area contributed by atoms with Crippen LogP contribution in [0.1, 0.15) is 30.1 Å². The molecule has 0 aromatic heterocycles. The molecule has 25 heavy (non-hydrogen) atoms. The number of rotatable bonds is 1. The Bertz CT molecular complexity index is 703. The Hall–Kier alpha value is -2.12. The molecular weight excluding hydrogens is 324 g/mol. The van der Waals surface area contributed by atoms with Crippen LogP contribution in [0.2, 0.25) is 0 Å². The Balaban J connectivity index is 1.50. The quantitative estimate of drug-likeness (QED) is 0.769. The molecule has 2 saturated heterocycles. The van der Waals surface area contributed by atoms with E-state index in [1.807, 2.05) is 4.90 Å². The highest BCUT2D eigenvalue weighted by Gasteiger charge is 2.41. The lowest BCUT2D eigenvalue weighted by molar-refractivity contribution is -0.181. The van der Waals surface area contributed by atoms with Crippen molar-refractivity contribution in [3.05, 3.63) is 23.8 Å². The predicted molar refractivity (Wildman–Crippen MR) is 89.7 cm³/mol. The number of ether oxygens (including phenoxy) is 3. The van der Waals surface area contributed by atoms with Crippen LogP contribution in [0.5, 0.6) is 5.75 Å². The van der Waals surface area contributed by atoms with Crippen LogP contribution in [0.4, 0.5) is 5.69 Å². The summed E-state index contributed by atoms with van der Waals surface area (Å²) in [6, 6.07) is 5.24. The van der Waals surface area contributed by atoms with Gasteiger partial charge in [-0.1, -0.05) is 0 Å². The van der Waals surface area contributed by atoms with Gasteiger partial charge in [0.05, 0.1) is 18.9 Å². The van der Waals surface area contributed by atoms with Gasteiger partial charge in [-0.25, -0.2) is 0 Å². The van der Waals surface area contributed by atoms with Crippen LogP contribution in [0, 0.1) is 0 Å². The SMILES string of the molecule is CC1Oc2cc(C(=O)N3CCC4(CC3)OCCO4)ccc2N(C)C1=O. The number of likely N-dealkylation sites (N-methyl/N-ethyl adjacent to an activating group) is 1. The highest BCUT2D eigenvalue weighted by atomic mass is 16.7. The predicted octanol–water partition coefficient (Wildman–Crippen LogP) is 1.41. The molecule has 0 aliphatic carbocycles. The zero-order valence-corrected chi connectivity index (χ0v) is 14.5. The number of nitrogens with zero attached hydrogens (tertiary/aromatic N) is 2. The lowest BCUT2D eigenvalue weighted by Gasteiger charge is -2.37.